The number of benzene rings is 2. The Morgan fingerprint density at radius 2 is 1.72 bits per heavy atom. The lowest BCUT2D eigenvalue weighted by Gasteiger charge is -2.32. The number of rotatable bonds is 6. The number of carbonyl (C=O) groups is 1. The van der Waals surface area contributed by atoms with Gasteiger partial charge in [0.25, 0.3) is 0 Å². The van der Waals surface area contributed by atoms with Crippen molar-refractivity contribution in [3.63, 3.8) is 0 Å². The van der Waals surface area contributed by atoms with Crippen LogP contribution >= 0.6 is 11.6 Å². The molecule has 1 amide bonds. The van der Waals surface area contributed by atoms with Gasteiger partial charge in [-0.25, -0.2) is 8.42 Å². The van der Waals surface area contributed by atoms with Crippen LogP contribution in [0.2, 0.25) is 5.02 Å². The molecule has 0 unspecified atom stereocenters. The number of fused-ring (bicyclic) bond motifs is 1. The maximum Gasteiger partial charge on any atom is 0.243 e. The van der Waals surface area contributed by atoms with Crippen molar-refractivity contribution in [2.24, 2.45) is 5.92 Å². The summed E-state index contributed by atoms with van der Waals surface area (Å²) in [4.78, 5) is 13.2. The third-order valence-electron chi connectivity index (χ3n) is 6.86. The predicted molar refractivity (Wildman–Crippen MR) is 127 cm³/mol. The number of hydrogen-bond acceptors (Lipinski definition) is 3. The minimum absolute atomic E-state index is 0.00150. The Balaban J connectivity index is 1.33. The number of aryl methyl sites for hydroxylation is 2. The second kappa shape index (κ2) is 9.16. The highest BCUT2D eigenvalue weighted by molar-refractivity contribution is 7.89. The second-order valence-corrected chi connectivity index (χ2v) is 11.9. The lowest BCUT2D eigenvalue weighted by Crippen LogP contribution is -2.45. The van der Waals surface area contributed by atoms with Crippen LogP contribution in [-0.2, 0) is 33.1 Å². The van der Waals surface area contributed by atoms with Gasteiger partial charge in [-0.05, 0) is 73.1 Å². The Labute approximate surface area is 196 Å². The highest BCUT2D eigenvalue weighted by Crippen LogP contribution is 2.29. The van der Waals surface area contributed by atoms with Crippen LogP contribution in [0.5, 0.6) is 0 Å². The fourth-order valence-electron chi connectivity index (χ4n) is 4.67. The summed E-state index contributed by atoms with van der Waals surface area (Å²) in [5.41, 5.74) is 3.31. The van der Waals surface area contributed by atoms with E-state index in [-0.39, 0.29) is 17.2 Å². The third-order valence-corrected chi connectivity index (χ3v) is 9.01. The van der Waals surface area contributed by atoms with E-state index < -0.39 is 10.0 Å². The van der Waals surface area contributed by atoms with Crippen molar-refractivity contribution in [3.8, 4) is 0 Å². The van der Waals surface area contributed by atoms with Crippen LogP contribution in [0.3, 0.4) is 0 Å². The zero-order valence-electron chi connectivity index (χ0n) is 18.7. The number of carbonyl (C=O) groups excluding carboxylic acids is 1. The molecule has 1 N–H and O–H groups in total. The third kappa shape index (κ3) is 4.87. The van der Waals surface area contributed by atoms with Gasteiger partial charge in [0.05, 0.1) is 4.90 Å². The zero-order valence-corrected chi connectivity index (χ0v) is 20.3. The monoisotopic (exact) mass is 474 g/mol. The summed E-state index contributed by atoms with van der Waals surface area (Å²) < 4.78 is 27.8. The summed E-state index contributed by atoms with van der Waals surface area (Å²) in [7, 11) is -3.52. The molecule has 5 nitrogen and oxygen atoms in total. The first-order chi connectivity index (χ1) is 15.2. The molecule has 2 aromatic carbocycles. The molecule has 172 valence electrons. The Bertz CT molecular complexity index is 1090. The Morgan fingerprint density at radius 3 is 2.41 bits per heavy atom. The van der Waals surface area contributed by atoms with E-state index in [1.807, 2.05) is 36.4 Å². The van der Waals surface area contributed by atoms with Crippen LogP contribution in [-0.4, -0.2) is 38.3 Å². The highest BCUT2D eigenvalue weighted by atomic mass is 35.5. The van der Waals surface area contributed by atoms with Crippen molar-refractivity contribution in [2.75, 3.05) is 19.6 Å². The maximum atomic E-state index is 13.1. The summed E-state index contributed by atoms with van der Waals surface area (Å²) in [6.45, 7) is 5.43. The van der Waals surface area contributed by atoms with Gasteiger partial charge in [0.2, 0.25) is 15.9 Å². The maximum absolute atomic E-state index is 13.1. The van der Waals surface area contributed by atoms with Crippen molar-refractivity contribution >= 4 is 27.5 Å². The number of nitrogens with one attached hydrogen (secondary N) is 1. The fraction of sp³-hybridized carbons (Fsp3) is 0.480. The molecular weight excluding hydrogens is 444 g/mol. The van der Waals surface area contributed by atoms with Gasteiger partial charge in [-0.15, -0.1) is 0 Å². The molecule has 32 heavy (non-hydrogen) atoms. The van der Waals surface area contributed by atoms with E-state index in [1.165, 1.54) is 9.87 Å². The predicted octanol–water partition coefficient (Wildman–Crippen LogP) is 4.32. The Morgan fingerprint density at radius 1 is 1.06 bits per heavy atom. The summed E-state index contributed by atoms with van der Waals surface area (Å²) in [5, 5.41) is 3.77. The molecule has 1 fully saturated rings. The molecule has 4 rings (SSSR count). The first kappa shape index (κ1) is 23.3. The van der Waals surface area contributed by atoms with Crippen molar-refractivity contribution in [3.05, 3.63) is 64.2 Å². The molecule has 0 saturated carbocycles. The second-order valence-electron chi connectivity index (χ2n) is 9.57. The van der Waals surface area contributed by atoms with Crippen molar-refractivity contribution < 1.29 is 13.2 Å². The van der Waals surface area contributed by atoms with Crippen LogP contribution < -0.4 is 5.32 Å². The minimum Gasteiger partial charge on any atom is -0.355 e. The summed E-state index contributed by atoms with van der Waals surface area (Å²) in [5.74, 6) is -0.163. The SMILES string of the molecule is CC(C)(CNC(=O)C1CCN(S(=O)(=O)c2ccc3c(c2)CCC3)CC1)c1ccc(Cl)cc1. The molecule has 1 heterocycles. The van der Waals surface area contributed by atoms with E-state index in [2.05, 4.69) is 19.2 Å². The molecular formula is C25H31ClN2O3S. The zero-order chi connectivity index (χ0) is 22.9. The number of halogens is 1. The standard InChI is InChI=1S/C25H31ClN2O3S/c1-25(2,21-7-9-22(26)10-8-21)17-27-24(29)19-12-14-28(15-13-19)32(30,31)23-11-6-18-4-3-5-20(18)16-23/h6-11,16,19H,3-5,12-15,17H2,1-2H3,(H,27,29). The van der Waals surface area contributed by atoms with Gasteiger partial charge < -0.3 is 5.32 Å². The fourth-order valence-corrected chi connectivity index (χ4v) is 6.32. The quantitative estimate of drug-likeness (QED) is 0.677. The molecule has 0 radical (unpaired) electrons. The van der Waals surface area contributed by atoms with Gasteiger partial charge in [0.15, 0.2) is 0 Å². The average Bonchev–Trinajstić information content (AvgIpc) is 3.26. The smallest absolute Gasteiger partial charge is 0.243 e. The van der Waals surface area contributed by atoms with Gasteiger partial charge in [0.1, 0.15) is 0 Å². The Kier molecular flexibility index (Phi) is 6.66. The largest absolute Gasteiger partial charge is 0.355 e. The molecule has 1 aliphatic carbocycles. The van der Waals surface area contributed by atoms with Gasteiger partial charge >= 0.3 is 0 Å². The van der Waals surface area contributed by atoms with E-state index in [9.17, 15) is 13.2 Å². The topological polar surface area (TPSA) is 66.5 Å². The molecule has 1 saturated heterocycles. The number of sulfonamides is 1. The first-order valence-electron chi connectivity index (χ1n) is 11.3. The summed E-state index contributed by atoms with van der Waals surface area (Å²) >= 11 is 5.98. The van der Waals surface area contributed by atoms with Crippen LogP contribution in [0.15, 0.2) is 47.4 Å². The summed E-state index contributed by atoms with van der Waals surface area (Å²) in [6.07, 6.45) is 4.15. The van der Waals surface area contributed by atoms with E-state index in [4.69, 9.17) is 11.6 Å². The van der Waals surface area contributed by atoms with Crippen molar-refractivity contribution in [1.82, 2.24) is 9.62 Å². The van der Waals surface area contributed by atoms with Crippen LogP contribution in [0.4, 0.5) is 0 Å². The molecule has 0 aromatic heterocycles. The molecule has 1 aliphatic heterocycles. The van der Waals surface area contributed by atoms with E-state index in [0.717, 1.165) is 30.4 Å². The van der Waals surface area contributed by atoms with Crippen LogP contribution in [0.25, 0.3) is 0 Å². The van der Waals surface area contributed by atoms with Crippen molar-refractivity contribution in [1.29, 1.82) is 0 Å². The van der Waals surface area contributed by atoms with Gasteiger partial charge in [-0.1, -0.05) is 43.6 Å². The molecule has 0 bridgehead atoms. The lowest BCUT2D eigenvalue weighted by atomic mass is 9.84. The highest BCUT2D eigenvalue weighted by Gasteiger charge is 2.33. The molecule has 2 aliphatic rings. The average molecular weight is 475 g/mol. The first-order valence-corrected chi connectivity index (χ1v) is 13.1. The van der Waals surface area contributed by atoms with Crippen molar-refractivity contribution in [2.45, 2.75) is 56.3 Å². The molecule has 0 atom stereocenters. The minimum atomic E-state index is -3.52. The van der Waals surface area contributed by atoms with Gasteiger partial charge in [-0.3, -0.25) is 4.79 Å². The van der Waals surface area contributed by atoms with E-state index >= 15 is 0 Å². The lowest BCUT2D eigenvalue weighted by molar-refractivity contribution is -0.126. The van der Waals surface area contributed by atoms with E-state index in [0.29, 0.717) is 42.4 Å². The summed E-state index contributed by atoms with van der Waals surface area (Å²) in [6, 6.07) is 13.2. The Hall–Kier alpha value is -1.89. The number of amides is 1. The number of hydrogen-bond donors (Lipinski definition) is 1. The van der Waals surface area contributed by atoms with Crippen LogP contribution in [0.1, 0.15) is 49.8 Å². The number of piperidine rings is 1. The van der Waals surface area contributed by atoms with Gasteiger partial charge in [-0.2, -0.15) is 4.31 Å². The van der Waals surface area contributed by atoms with Crippen LogP contribution in [0, 0.1) is 5.92 Å². The van der Waals surface area contributed by atoms with E-state index in [1.54, 1.807) is 6.07 Å². The normalized spacial score (nSPS) is 17.8. The molecule has 0 spiro atoms. The molecule has 2 aromatic rings. The van der Waals surface area contributed by atoms with Gasteiger partial charge in [0, 0.05) is 36.0 Å². The molecule has 7 heteroatoms. The number of nitrogens with zero attached hydrogens (tertiary/aromatic N) is 1.